The highest BCUT2D eigenvalue weighted by Gasteiger charge is 2.24. The minimum Gasteiger partial charge on any atom is -0.490 e. The van der Waals surface area contributed by atoms with Crippen LogP contribution in [-0.2, 0) is 5.54 Å². The van der Waals surface area contributed by atoms with Gasteiger partial charge < -0.3 is 10.5 Å². The molecule has 0 aromatic heterocycles. The Balaban J connectivity index is 2.28. The fourth-order valence-corrected chi connectivity index (χ4v) is 1.78. The lowest BCUT2D eigenvalue weighted by atomic mass is 9.93. The van der Waals surface area contributed by atoms with E-state index in [0.717, 1.165) is 24.2 Å². The van der Waals surface area contributed by atoms with Crippen molar-refractivity contribution in [3.63, 3.8) is 0 Å². The van der Waals surface area contributed by atoms with Crippen molar-refractivity contribution < 1.29 is 9.13 Å². The van der Waals surface area contributed by atoms with Crippen molar-refractivity contribution in [2.45, 2.75) is 44.8 Å². The molecule has 0 atom stereocenters. The summed E-state index contributed by atoms with van der Waals surface area (Å²) in [5.74, 6) is 0.452. The molecule has 0 amide bonds. The Bertz CT molecular complexity index is 380. The highest BCUT2D eigenvalue weighted by Crippen LogP contribution is 2.32. The van der Waals surface area contributed by atoms with E-state index in [1.165, 1.54) is 18.6 Å². The second-order valence-electron chi connectivity index (χ2n) is 5.03. The van der Waals surface area contributed by atoms with E-state index in [9.17, 15) is 4.39 Å². The molecule has 2 nitrogen and oxygen atoms in total. The average Bonchev–Trinajstić information content (AvgIpc) is 2.11. The lowest BCUT2D eigenvalue weighted by Gasteiger charge is -2.30. The Hall–Kier alpha value is -1.09. The molecule has 0 unspecified atom stereocenters. The molecule has 1 aliphatic carbocycles. The molecule has 0 spiro atoms. The van der Waals surface area contributed by atoms with Gasteiger partial charge in [0, 0.05) is 11.1 Å². The molecular weight excluding hydrogens is 205 g/mol. The molecule has 0 heterocycles. The lowest BCUT2D eigenvalue weighted by Crippen LogP contribution is -2.31. The molecule has 1 aromatic carbocycles. The molecule has 0 bridgehead atoms. The van der Waals surface area contributed by atoms with Crippen LogP contribution in [0.15, 0.2) is 18.2 Å². The minimum absolute atomic E-state index is 0.269. The fraction of sp³-hybridized carbons (Fsp3) is 0.538. The predicted octanol–water partition coefficient (Wildman–Crippen LogP) is 2.95. The first-order valence-corrected chi connectivity index (χ1v) is 5.72. The molecule has 0 aliphatic heterocycles. The second-order valence-corrected chi connectivity index (χ2v) is 5.03. The van der Waals surface area contributed by atoms with Crippen LogP contribution in [0.2, 0.25) is 0 Å². The van der Waals surface area contributed by atoms with Crippen LogP contribution in [0.3, 0.4) is 0 Å². The van der Waals surface area contributed by atoms with Crippen LogP contribution < -0.4 is 10.5 Å². The highest BCUT2D eigenvalue weighted by molar-refractivity contribution is 5.38. The maximum absolute atomic E-state index is 13.2. The molecule has 2 N–H and O–H groups in total. The van der Waals surface area contributed by atoms with E-state index in [-0.39, 0.29) is 11.9 Å². The topological polar surface area (TPSA) is 35.2 Å². The van der Waals surface area contributed by atoms with Crippen molar-refractivity contribution in [1.82, 2.24) is 0 Å². The Morgan fingerprint density at radius 3 is 2.56 bits per heavy atom. The SMILES string of the molecule is CC(C)(N)c1cc(F)ccc1OC1CCC1. The molecule has 0 saturated heterocycles. The number of nitrogens with two attached hydrogens (primary N) is 1. The number of hydrogen-bond acceptors (Lipinski definition) is 2. The van der Waals surface area contributed by atoms with E-state index in [1.54, 1.807) is 6.07 Å². The Labute approximate surface area is 95.6 Å². The zero-order valence-corrected chi connectivity index (χ0v) is 9.79. The van der Waals surface area contributed by atoms with Gasteiger partial charge in [-0.15, -0.1) is 0 Å². The number of benzene rings is 1. The first kappa shape index (κ1) is 11.4. The van der Waals surface area contributed by atoms with E-state index in [1.807, 2.05) is 13.8 Å². The second kappa shape index (κ2) is 4.06. The van der Waals surface area contributed by atoms with Gasteiger partial charge in [0.25, 0.3) is 0 Å². The minimum atomic E-state index is -0.582. The molecule has 1 fully saturated rings. The van der Waals surface area contributed by atoms with E-state index >= 15 is 0 Å². The van der Waals surface area contributed by atoms with Crippen LogP contribution in [0.25, 0.3) is 0 Å². The zero-order chi connectivity index (χ0) is 11.8. The van der Waals surface area contributed by atoms with Gasteiger partial charge in [-0.05, 0) is 51.3 Å². The quantitative estimate of drug-likeness (QED) is 0.855. The largest absolute Gasteiger partial charge is 0.490 e. The summed E-state index contributed by atoms with van der Waals surface area (Å²) in [6.45, 7) is 3.71. The van der Waals surface area contributed by atoms with Gasteiger partial charge in [-0.25, -0.2) is 4.39 Å². The third kappa shape index (κ3) is 2.35. The predicted molar refractivity (Wildman–Crippen MR) is 61.9 cm³/mol. The van der Waals surface area contributed by atoms with Crippen LogP contribution in [-0.4, -0.2) is 6.10 Å². The monoisotopic (exact) mass is 223 g/mol. The van der Waals surface area contributed by atoms with Crippen molar-refractivity contribution in [1.29, 1.82) is 0 Å². The average molecular weight is 223 g/mol. The van der Waals surface area contributed by atoms with Gasteiger partial charge in [0.05, 0.1) is 6.10 Å². The summed E-state index contributed by atoms with van der Waals surface area (Å²) in [4.78, 5) is 0. The van der Waals surface area contributed by atoms with Gasteiger partial charge in [0.2, 0.25) is 0 Å². The molecule has 88 valence electrons. The normalized spacial score (nSPS) is 17.0. The first-order chi connectivity index (χ1) is 7.47. The molecular formula is C13H18FNO. The molecule has 0 radical (unpaired) electrons. The number of hydrogen-bond donors (Lipinski definition) is 1. The van der Waals surface area contributed by atoms with Crippen LogP contribution in [0.1, 0.15) is 38.7 Å². The van der Waals surface area contributed by atoms with E-state index < -0.39 is 5.54 Å². The fourth-order valence-electron chi connectivity index (χ4n) is 1.78. The number of rotatable bonds is 3. The Kier molecular flexibility index (Phi) is 2.89. The lowest BCUT2D eigenvalue weighted by molar-refractivity contribution is 0.117. The molecule has 1 aliphatic rings. The van der Waals surface area contributed by atoms with Crippen molar-refractivity contribution >= 4 is 0 Å². The van der Waals surface area contributed by atoms with Crippen molar-refractivity contribution in [2.75, 3.05) is 0 Å². The van der Waals surface area contributed by atoms with Gasteiger partial charge in [0.15, 0.2) is 0 Å². The summed E-state index contributed by atoms with van der Waals surface area (Å²) >= 11 is 0. The third-order valence-corrected chi connectivity index (χ3v) is 2.98. The smallest absolute Gasteiger partial charge is 0.124 e. The van der Waals surface area contributed by atoms with Crippen molar-refractivity contribution in [3.8, 4) is 5.75 Å². The van der Waals surface area contributed by atoms with Crippen molar-refractivity contribution in [3.05, 3.63) is 29.6 Å². The van der Waals surface area contributed by atoms with Gasteiger partial charge in [-0.2, -0.15) is 0 Å². The van der Waals surface area contributed by atoms with Crippen LogP contribution in [0.4, 0.5) is 4.39 Å². The zero-order valence-electron chi connectivity index (χ0n) is 9.79. The van der Waals surface area contributed by atoms with Crippen LogP contribution in [0, 0.1) is 5.82 Å². The molecule has 2 rings (SSSR count). The van der Waals surface area contributed by atoms with Crippen LogP contribution >= 0.6 is 0 Å². The summed E-state index contributed by atoms with van der Waals surface area (Å²) in [6, 6.07) is 4.56. The molecule has 1 saturated carbocycles. The third-order valence-electron chi connectivity index (χ3n) is 2.98. The summed E-state index contributed by atoms with van der Waals surface area (Å²) in [7, 11) is 0. The number of ether oxygens (including phenoxy) is 1. The maximum atomic E-state index is 13.2. The molecule has 3 heteroatoms. The van der Waals surface area contributed by atoms with Gasteiger partial charge >= 0.3 is 0 Å². The molecule has 16 heavy (non-hydrogen) atoms. The summed E-state index contributed by atoms with van der Waals surface area (Å²) in [6.07, 6.45) is 3.67. The van der Waals surface area contributed by atoms with Crippen molar-refractivity contribution in [2.24, 2.45) is 5.73 Å². The maximum Gasteiger partial charge on any atom is 0.124 e. The first-order valence-electron chi connectivity index (χ1n) is 5.72. The van der Waals surface area contributed by atoms with Gasteiger partial charge in [0.1, 0.15) is 11.6 Å². The highest BCUT2D eigenvalue weighted by atomic mass is 19.1. The van der Waals surface area contributed by atoms with E-state index in [4.69, 9.17) is 10.5 Å². The van der Waals surface area contributed by atoms with Gasteiger partial charge in [-0.1, -0.05) is 0 Å². The summed E-state index contributed by atoms with van der Waals surface area (Å²) in [5.41, 5.74) is 6.17. The Morgan fingerprint density at radius 1 is 1.38 bits per heavy atom. The van der Waals surface area contributed by atoms with E-state index in [0.29, 0.717) is 0 Å². The van der Waals surface area contributed by atoms with E-state index in [2.05, 4.69) is 0 Å². The standard InChI is InChI=1S/C13H18FNO/c1-13(2,15)11-8-9(14)6-7-12(11)16-10-4-3-5-10/h6-8,10H,3-5,15H2,1-2H3. The summed E-state index contributed by atoms with van der Waals surface area (Å²) < 4.78 is 19.0. The molecule has 1 aromatic rings. The summed E-state index contributed by atoms with van der Waals surface area (Å²) in [5, 5.41) is 0. The van der Waals surface area contributed by atoms with Crippen LogP contribution in [0.5, 0.6) is 5.75 Å². The van der Waals surface area contributed by atoms with Gasteiger partial charge in [-0.3, -0.25) is 0 Å². The number of halogens is 1. The Morgan fingerprint density at radius 2 is 2.06 bits per heavy atom.